The monoisotopic (exact) mass is 274 g/mol. The fourth-order valence-corrected chi connectivity index (χ4v) is 2.17. The van der Waals surface area contributed by atoms with Crippen LogP contribution in [-0.4, -0.2) is 18.3 Å². The zero-order chi connectivity index (χ0) is 10.1. The van der Waals surface area contributed by atoms with E-state index in [0.29, 0.717) is 12.2 Å². The molecule has 14 heavy (non-hydrogen) atoms. The molecule has 0 aliphatic carbocycles. The highest BCUT2D eigenvalue weighted by Gasteiger charge is 2.17. The minimum atomic E-state index is -0.0618. The molecule has 4 heteroatoms. The minimum Gasteiger partial charge on any atom is -0.493 e. The number of Topliss-reactive ketones (excluding diaryl/α,β-unsaturated/α-hetero) is 1. The van der Waals surface area contributed by atoms with Gasteiger partial charge in [0.05, 0.1) is 12.5 Å². The summed E-state index contributed by atoms with van der Waals surface area (Å²) in [4.78, 5) is 11.4. The Kier molecular flexibility index (Phi) is 2.79. The summed E-state index contributed by atoms with van der Waals surface area (Å²) in [5, 5.41) is 0. The van der Waals surface area contributed by atoms with Crippen LogP contribution in [0, 0.1) is 0 Å². The first-order chi connectivity index (χ1) is 6.72. The Morgan fingerprint density at radius 3 is 3.07 bits per heavy atom. The number of halogens is 2. The molecule has 0 fully saturated rings. The van der Waals surface area contributed by atoms with Gasteiger partial charge in [0.2, 0.25) is 0 Å². The van der Waals surface area contributed by atoms with Crippen LogP contribution in [-0.2, 0) is 6.42 Å². The number of ether oxygens (including phenoxy) is 1. The molecule has 1 heterocycles. The first-order valence-electron chi connectivity index (χ1n) is 4.26. The molecular formula is C10H8BrClO2. The number of benzene rings is 1. The summed E-state index contributed by atoms with van der Waals surface area (Å²) in [7, 11) is 0. The Hall–Kier alpha value is -0.540. The SMILES string of the molecule is O=C(CCl)c1cc2c(cc1Br)OCC2. The second-order valence-corrected chi connectivity index (χ2v) is 4.22. The number of alkyl halides is 1. The molecule has 0 aromatic heterocycles. The van der Waals surface area contributed by atoms with Crippen molar-refractivity contribution in [2.24, 2.45) is 0 Å². The van der Waals surface area contributed by atoms with Crippen molar-refractivity contribution < 1.29 is 9.53 Å². The van der Waals surface area contributed by atoms with E-state index >= 15 is 0 Å². The van der Waals surface area contributed by atoms with Crippen LogP contribution in [0.25, 0.3) is 0 Å². The Balaban J connectivity index is 2.47. The highest BCUT2D eigenvalue weighted by molar-refractivity contribution is 9.10. The first-order valence-corrected chi connectivity index (χ1v) is 5.59. The highest BCUT2D eigenvalue weighted by Crippen LogP contribution is 2.31. The fourth-order valence-electron chi connectivity index (χ4n) is 1.49. The van der Waals surface area contributed by atoms with E-state index in [9.17, 15) is 4.79 Å². The second kappa shape index (κ2) is 3.91. The zero-order valence-electron chi connectivity index (χ0n) is 7.35. The molecule has 2 rings (SSSR count). The van der Waals surface area contributed by atoms with E-state index in [-0.39, 0.29) is 11.7 Å². The van der Waals surface area contributed by atoms with Crippen LogP contribution < -0.4 is 4.74 Å². The van der Waals surface area contributed by atoms with Crippen LogP contribution in [0.2, 0.25) is 0 Å². The van der Waals surface area contributed by atoms with Gasteiger partial charge in [0.25, 0.3) is 0 Å². The lowest BCUT2D eigenvalue weighted by atomic mass is 10.1. The molecule has 1 aliphatic rings. The molecule has 74 valence electrons. The Morgan fingerprint density at radius 1 is 1.57 bits per heavy atom. The number of rotatable bonds is 2. The third kappa shape index (κ3) is 1.66. The van der Waals surface area contributed by atoms with E-state index in [1.807, 2.05) is 12.1 Å². The van der Waals surface area contributed by atoms with Crippen LogP contribution in [0.3, 0.4) is 0 Å². The number of hydrogen-bond donors (Lipinski definition) is 0. The third-order valence-electron chi connectivity index (χ3n) is 2.20. The lowest BCUT2D eigenvalue weighted by Crippen LogP contribution is -2.02. The summed E-state index contributed by atoms with van der Waals surface area (Å²) < 4.78 is 6.13. The average molecular weight is 276 g/mol. The molecule has 0 unspecified atom stereocenters. The summed E-state index contributed by atoms with van der Waals surface area (Å²) in [6.07, 6.45) is 0.866. The topological polar surface area (TPSA) is 26.3 Å². The largest absolute Gasteiger partial charge is 0.493 e. The van der Waals surface area contributed by atoms with Crippen molar-refractivity contribution in [1.29, 1.82) is 0 Å². The van der Waals surface area contributed by atoms with Gasteiger partial charge in [0.15, 0.2) is 5.78 Å². The molecule has 0 N–H and O–H groups in total. The summed E-state index contributed by atoms with van der Waals surface area (Å²) in [5.41, 5.74) is 1.73. The summed E-state index contributed by atoms with van der Waals surface area (Å²) in [6, 6.07) is 3.69. The molecular weight excluding hydrogens is 267 g/mol. The maximum atomic E-state index is 11.4. The summed E-state index contributed by atoms with van der Waals surface area (Å²) in [6.45, 7) is 0.695. The van der Waals surface area contributed by atoms with Gasteiger partial charge in [-0.1, -0.05) is 0 Å². The van der Waals surface area contributed by atoms with Crippen LogP contribution in [0.5, 0.6) is 5.75 Å². The van der Waals surface area contributed by atoms with Gasteiger partial charge in [0, 0.05) is 16.5 Å². The standard InChI is InChI=1S/C10H8BrClO2/c11-8-4-10-6(1-2-14-10)3-7(8)9(13)5-12/h3-4H,1-2,5H2. The maximum Gasteiger partial charge on any atom is 0.178 e. The molecule has 0 saturated heterocycles. The summed E-state index contributed by atoms with van der Waals surface area (Å²) in [5.74, 6) is 0.814. The molecule has 1 aliphatic heterocycles. The minimum absolute atomic E-state index is 0.0121. The van der Waals surface area contributed by atoms with Crippen molar-refractivity contribution in [2.45, 2.75) is 6.42 Å². The van der Waals surface area contributed by atoms with Crippen molar-refractivity contribution in [1.82, 2.24) is 0 Å². The smallest absolute Gasteiger partial charge is 0.178 e. The molecule has 0 bridgehead atoms. The van der Waals surface area contributed by atoms with E-state index < -0.39 is 0 Å². The quantitative estimate of drug-likeness (QED) is 0.613. The zero-order valence-corrected chi connectivity index (χ0v) is 9.69. The number of hydrogen-bond acceptors (Lipinski definition) is 2. The number of carbonyl (C=O) groups is 1. The fraction of sp³-hybridized carbons (Fsp3) is 0.300. The number of ketones is 1. The van der Waals surface area contributed by atoms with E-state index in [0.717, 1.165) is 22.2 Å². The number of carbonyl (C=O) groups excluding carboxylic acids is 1. The first kappa shape index (κ1) is 9.99. The van der Waals surface area contributed by atoms with Crippen molar-refractivity contribution in [3.8, 4) is 5.75 Å². The van der Waals surface area contributed by atoms with Gasteiger partial charge in [-0.2, -0.15) is 0 Å². The molecule has 1 aromatic rings. The van der Waals surface area contributed by atoms with Gasteiger partial charge in [-0.15, -0.1) is 11.6 Å². The van der Waals surface area contributed by atoms with Crippen molar-refractivity contribution in [3.05, 3.63) is 27.7 Å². The van der Waals surface area contributed by atoms with Gasteiger partial charge in [0.1, 0.15) is 5.75 Å². The lowest BCUT2D eigenvalue weighted by molar-refractivity contribution is 0.102. The number of fused-ring (bicyclic) bond motifs is 1. The van der Waals surface area contributed by atoms with E-state index in [2.05, 4.69) is 15.9 Å². The van der Waals surface area contributed by atoms with Gasteiger partial charge in [-0.25, -0.2) is 0 Å². The van der Waals surface area contributed by atoms with Crippen LogP contribution in [0.1, 0.15) is 15.9 Å². The molecule has 0 amide bonds. The average Bonchev–Trinajstić information content (AvgIpc) is 2.62. The van der Waals surface area contributed by atoms with Crippen LogP contribution in [0.15, 0.2) is 16.6 Å². The Morgan fingerprint density at radius 2 is 2.36 bits per heavy atom. The van der Waals surface area contributed by atoms with Gasteiger partial charge < -0.3 is 4.74 Å². The highest BCUT2D eigenvalue weighted by atomic mass is 79.9. The van der Waals surface area contributed by atoms with Crippen molar-refractivity contribution in [3.63, 3.8) is 0 Å². The predicted octanol–water partition coefficient (Wildman–Crippen LogP) is 2.81. The van der Waals surface area contributed by atoms with E-state index in [1.54, 1.807) is 0 Å². The molecule has 0 spiro atoms. The maximum absolute atomic E-state index is 11.4. The van der Waals surface area contributed by atoms with E-state index in [4.69, 9.17) is 16.3 Å². The molecule has 2 nitrogen and oxygen atoms in total. The normalized spacial score (nSPS) is 13.6. The molecule has 0 saturated carbocycles. The third-order valence-corrected chi connectivity index (χ3v) is 3.10. The van der Waals surface area contributed by atoms with E-state index in [1.165, 1.54) is 0 Å². The van der Waals surface area contributed by atoms with Gasteiger partial charge in [-0.3, -0.25) is 4.79 Å². The summed E-state index contributed by atoms with van der Waals surface area (Å²) >= 11 is 8.84. The van der Waals surface area contributed by atoms with Gasteiger partial charge in [-0.05, 0) is 33.6 Å². The molecule has 1 aromatic carbocycles. The van der Waals surface area contributed by atoms with Crippen molar-refractivity contribution in [2.75, 3.05) is 12.5 Å². The Labute approximate surface area is 95.3 Å². The lowest BCUT2D eigenvalue weighted by Gasteiger charge is -2.04. The molecule has 0 atom stereocenters. The second-order valence-electron chi connectivity index (χ2n) is 3.10. The Bertz CT molecular complexity index is 390. The van der Waals surface area contributed by atoms with Gasteiger partial charge >= 0.3 is 0 Å². The van der Waals surface area contributed by atoms with Crippen LogP contribution >= 0.6 is 27.5 Å². The predicted molar refractivity (Wildman–Crippen MR) is 58.4 cm³/mol. The van der Waals surface area contributed by atoms with Crippen molar-refractivity contribution >= 4 is 33.3 Å². The van der Waals surface area contributed by atoms with Crippen LogP contribution in [0.4, 0.5) is 0 Å². The molecule has 0 radical (unpaired) electrons.